The van der Waals surface area contributed by atoms with Gasteiger partial charge in [-0.2, -0.15) is 5.10 Å². The number of methoxy groups -OCH3 is 1. The molecule has 0 unspecified atom stereocenters. The highest BCUT2D eigenvalue weighted by molar-refractivity contribution is 6.34. The number of nitrogens with zero attached hydrogens (tertiary/aromatic N) is 2. The first-order valence-corrected chi connectivity index (χ1v) is 13.1. The summed E-state index contributed by atoms with van der Waals surface area (Å²) in [6.45, 7) is 0. The second-order valence-electron chi connectivity index (χ2n) is 9.34. The molecule has 0 spiro atoms. The van der Waals surface area contributed by atoms with Crippen LogP contribution < -0.4 is 19.8 Å². The third-order valence-corrected chi connectivity index (χ3v) is 6.78. The summed E-state index contributed by atoms with van der Waals surface area (Å²) in [5.41, 5.74) is 7.19. The number of nitrogens with one attached hydrogen (secondary N) is 2. The molecule has 0 radical (unpaired) electrons. The maximum absolute atomic E-state index is 13.4. The van der Waals surface area contributed by atoms with Crippen LogP contribution in [0.3, 0.4) is 0 Å². The lowest BCUT2D eigenvalue weighted by Crippen LogP contribution is -2.19. The number of halogens is 1. The van der Waals surface area contributed by atoms with E-state index in [0.29, 0.717) is 33.2 Å². The lowest BCUT2D eigenvalue weighted by atomic mass is 10.0. The van der Waals surface area contributed by atoms with Crippen molar-refractivity contribution in [1.29, 1.82) is 0 Å². The van der Waals surface area contributed by atoms with Crippen LogP contribution in [0.25, 0.3) is 22.0 Å². The smallest absolute Gasteiger partial charge is 0.343 e. The summed E-state index contributed by atoms with van der Waals surface area (Å²) < 4.78 is 10.9. The number of carbonyl (C=O) groups excluding carboxylic acids is 2. The first-order chi connectivity index (χ1) is 19.9. The summed E-state index contributed by atoms with van der Waals surface area (Å²) in [6, 6.07) is 27.0. The number of aromatic nitrogens is 1. The van der Waals surface area contributed by atoms with E-state index in [2.05, 4.69) is 15.5 Å². The quantitative estimate of drug-likeness (QED) is 0.0961. The normalized spacial score (nSPS) is 11.0. The highest BCUT2D eigenvalue weighted by Gasteiger charge is 2.21. The Morgan fingerprint density at radius 2 is 1.68 bits per heavy atom. The summed E-state index contributed by atoms with van der Waals surface area (Å²) in [4.78, 5) is 31.0. The lowest BCUT2D eigenvalue weighted by Gasteiger charge is -2.13. The van der Waals surface area contributed by atoms with Gasteiger partial charge in [-0.3, -0.25) is 4.79 Å². The summed E-state index contributed by atoms with van der Waals surface area (Å²) in [5.74, 6) is -0.318. The maximum Gasteiger partial charge on any atom is 0.343 e. The number of H-pyrrole nitrogens is 1. The molecule has 5 rings (SSSR count). The Labute approximate surface area is 242 Å². The number of hydrogen-bond donors (Lipinski definition) is 2. The van der Waals surface area contributed by atoms with E-state index in [1.54, 1.807) is 48.5 Å². The number of carbonyl (C=O) groups is 2. The number of benzene rings is 4. The molecule has 41 heavy (non-hydrogen) atoms. The van der Waals surface area contributed by atoms with Crippen LogP contribution >= 0.6 is 11.6 Å². The van der Waals surface area contributed by atoms with E-state index in [9.17, 15) is 9.59 Å². The molecular formula is C32H27ClN4O4. The molecule has 0 saturated carbocycles. The number of fused-ring (bicyclic) bond motifs is 1. The minimum atomic E-state index is -0.497. The summed E-state index contributed by atoms with van der Waals surface area (Å²) in [6.07, 6.45) is 1.48. The average Bonchev–Trinajstić information content (AvgIpc) is 3.37. The average molecular weight is 567 g/mol. The van der Waals surface area contributed by atoms with Crippen molar-refractivity contribution in [3.05, 3.63) is 113 Å². The van der Waals surface area contributed by atoms with Crippen LogP contribution in [0.2, 0.25) is 5.02 Å². The van der Waals surface area contributed by atoms with E-state index in [4.69, 9.17) is 21.1 Å². The van der Waals surface area contributed by atoms with Crippen molar-refractivity contribution in [2.75, 3.05) is 26.1 Å². The zero-order valence-corrected chi connectivity index (χ0v) is 23.4. The van der Waals surface area contributed by atoms with Crippen LogP contribution in [0.1, 0.15) is 26.4 Å². The van der Waals surface area contributed by atoms with Gasteiger partial charge in [-0.05, 0) is 60.2 Å². The van der Waals surface area contributed by atoms with E-state index in [0.717, 1.165) is 22.2 Å². The largest absolute Gasteiger partial charge is 0.493 e. The van der Waals surface area contributed by atoms with E-state index < -0.39 is 11.9 Å². The Balaban J connectivity index is 1.39. The molecule has 1 amide bonds. The molecule has 0 atom stereocenters. The molecule has 5 aromatic rings. The topological polar surface area (TPSA) is 96.0 Å². The molecule has 0 saturated heterocycles. The van der Waals surface area contributed by atoms with E-state index >= 15 is 0 Å². The molecule has 1 aromatic heterocycles. The Morgan fingerprint density at radius 1 is 0.927 bits per heavy atom. The maximum atomic E-state index is 13.4. The predicted octanol–water partition coefficient (Wildman–Crippen LogP) is 6.55. The van der Waals surface area contributed by atoms with Gasteiger partial charge in [-0.1, -0.05) is 48.0 Å². The molecular weight excluding hydrogens is 540 g/mol. The zero-order chi connectivity index (χ0) is 28.9. The van der Waals surface area contributed by atoms with E-state index in [1.807, 2.05) is 61.5 Å². The summed E-state index contributed by atoms with van der Waals surface area (Å²) in [7, 11) is 5.39. The molecule has 9 heteroatoms. The van der Waals surface area contributed by atoms with Crippen LogP contribution in [-0.2, 0) is 0 Å². The van der Waals surface area contributed by atoms with Crippen molar-refractivity contribution in [3.63, 3.8) is 0 Å². The monoisotopic (exact) mass is 566 g/mol. The zero-order valence-electron chi connectivity index (χ0n) is 22.6. The Morgan fingerprint density at radius 3 is 2.41 bits per heavy atom. The first-order valence-electron chi connectivity index (χ1n) is 12.7. The minimum Gasteiger partial charge on any atom is -0.493 e. The van der Waals surface area contributed by atoms with Gasteiger partial charge in [0, 0.05) is 46.8 Å². The van der Waals surface area contributed by atoms with Crippen molar-refractivity contribution in [3.8, 4) is 22.6 Å². The molecule has 4 aromatic carbocycles. The Hall–Kier alpha value is -5.08. The molecule has 0 aliphatic carbocycles. The molecule has 1 heterocycles. The molecule has 2 N–H and O–H groups in total. The van der Waals surface area contributed by atoms with Gasteiger partial charge in [-0.25, -0.2) is 10.2 Å². The van der Waals surface area contributed by atoms with Gasteiger partial charge in [0.25, 0.3) is 5.91 Å². The van der Waals surface area contributed by atoms with Gasteiger partial charge < -0.3 is 19.4 Å². The predicted molar refractivity (Wildman–Crippen MR) is 163 cm³/mol. The Kier molecular flexibility index (Phi) is 8.03. The van der Waals surface area contributed by atoms with Crippen LogP contribution in [0.5, 0.6) is 11.5 Å². The first kappa shape index (κ1) is 27.5. The minimum absolute atomic E-state index is 0.266. The van der Waals surface area contributed by atoms with Crippen LogP contribution in [0, 0.1) is 0 Å². The van der Waals surface area contributed by atoms with Crippen molar-refractivity contribution in [2.45, 2.75) is 0 Å². The summed E-state index contributed by atoms with van der Waals surface area (Å²) >= 11 is 6.56. The Bertz CT molecular complexity index is 1760. The van der Waals surface area contributed by atoms with Gasteiger partial charge in [0.05, 0.1) is 18.9 Å². The second-order valence-corrected chi connectivity index (χ2v) is 9.75. The molecule has 0 aliphatic rings. The van der Waals surface area contributed by atoms with Crippen LogP contribution in [0.4, 0.5) is 5.69 Å². The number of amides is 1. The standard InChI is InChI=1S/C32H27ClN4O4/c1-37(2)22-14-15-26-24(18-22)29(23-11-7-8-12-25(23)33)30(35-26)31(38)36-34-19-20-13-16-27(28(17-20)40-3)41-32(39)21-9-5-4-6-10-21/h4-19,35H,1-3H3,(H,36,38). The number of aromatic amines is 1. The van der Waals surface area contributed by atoms with Crippen molar-refractivity contribution in [2.24, 2.45) is 5.10 Å². The SMILES string of the molecule is COc1cc(C=NNC(=O)c2[nH]c3ccc(N(C)C)cc3c2-c2ccccc2Cl)ccc1OC(=O)c1ccccc1. The van der Waals surface area contributed by atoms with Crippen LogP contribution in [-0.4, -0.2) is 44.3 Å². The number of rotatable bonds is 8. The number of hydrogen-bond acceptors (Lipinski definition) is 6. The molecule has 206 valence electrons. The molecule has 8 nitrogen and oxygen atoms in total. The third kappa shape index (κ3) is 5.92. The molecule has 0 aliphatic heterocycles. The van der Waals surface area contributed by atoms with E-state index in [-0.39, 0.29) is 5.75 Å². The molecule has 0 fully saturated rings. The van der Waals surface area contributed by atoms with Gasteiger partial charge in [0.1, 0.15) is 5.69 Å². The van der Waals surface area contributed by atoms with Crippen LogP contribution in [0.15, 0.2) is 96.1 Å². The number of esters is 1. The van der Waals surface area contributed by atoms with Gasteiger partial charge >= 0.3 is 5.97 Å². The summed E-state index contributed by atoms with van der Waals surface area (Å²) in [5, 5.41) is 5.55. The fourth-order valence-electron chi connectivity index (χ4n) is 4.38. The van der Waals surface area contributed by atoms with Crippen molar-refractivity contribution in [1.82, 2.24) is 10.4 Å². The highest BCUT2D eigenvalue weighted by Crippen LogP contribution is 2.38. The number of hydrazone groups is 1. The van der Waals surface area contributed by atoms with Gasteiger partial charge in [0.2, 0.25) is 0 Å². The lowest BCUT2D eigenvalue weighted by molar-refractivity contribution is 0.0729. The number of anilines is 1. The third-order valence-electron chi connectivity index (χ3n) is 6.45. The van der Waals surface area contributed by atoms with Crippen molar-refractivity contribution < 1.29 is 19.1 Å². The fraction of sp³-hybridized carbons (Fsp3) is 0.0938. The van der Waals surface area contributed by atoms with E-state index in [1.165, 1.54) is 13.3 Å². The number of ether oxygens (including phenoxy) is 2. The van der Waals surface area contributed by atoms with Gasteiger partial charge in [-0.15, -0.1) is 0 Å². The highest BCUT2D eigenvalue weighted by atomic mass is 35.5. The second kappa shape index (κ2) is 12.0. The van der Waals surface area contributed by atoms with Gasteiger partial charge in [0.15, 0.2) is 11.5 Å². The fourth-order valence-corrected chi connectivity index (χ4v) is 4.61. The van der Waals surface area contributed by atoms with Crippen molar-refractivity contribution >= 4 is 46.3 Å². The molecule has 0 bridgehead atoms.